The van der Waals surface area contributed by atoms with Gasteiger partial charge in [0, 0.05) is 16.9 Å². The van der Waals surface area contributed by atoms with Gasteiger partial charge in [-0.3, -0.25) is 9.78 Å². The highest BCUT2D eigenvalue weighted by Gasteiger charge is 2.17. The van der Waals surface area contributed by atoms with Crippen LogP contribution in [0.1, 0.15) is 22.2 Å². The van der Waals surface area contributed by atoms with Crippen molar-refractivity contribution < 1.29 is 14.3 Å². The SMILES string of the molecule is O=C(NC(CO)c1ccco1)c1cncc(Br)c1. The quantitative estimate of drug-likeness (QED) is 0.904. The molecule has 2 rings (SSSR count). The summed E-state index contributed by atoms with van der Waals surface area (Å²) in [6.07, 6.45) is 4.54. The van der Waals surface area contributed by atoms with Gasteiger partial charge < -0.3 is 14.8 Å². The molecule has 0 saturated heterocycles. The molecule has 0 radical (unpaired) electrons. The minimum absolute atomic E-state index is 0.235. The molecule has 6 heteroatoms. The second-order valence-corrected chi connectivity index (χ2v) is 4.53. The van der Waals surface area contributed by atoms with Crippen LogP contribution >= 0.6 is 15.9 Å². The van der Waals surface area contributed by atoms with Crippen molar-refractivity contribution in [3.8, 4) is 0 Å². The summed E-state index contributed by atoms with van der Waals surface area (Å²) >= 11 is 3.24. The molecule has 0 aromatic carbocycles. The first kappa shape index (κ1) is 12.8. The van der Waals surface area contributed by atoms with Gasteiger partial charge in [-0.15, -0.1) is 0 Å². The lowest BCUT2D eigenvalue weighted by atomic mass is 10.2. The van der Waals surface area contributed by atoms with E-state index >= 15 is 0 Å². The molecular formula is C12H11BrN2O3. The van der Waals surface area contributed by atoms with Gasteiger partial charge in [-0.2, -0.15) is 0 Å². The molecule has 1 unspecified atom stereocenters. The van der Waals surface area contributed by atoms with Crippen LogP contribution in [0.4, 0.5) is 0 Å². The van der Waals surface area contributed by atoms with E-state index in [-0.39, 0.29) is 12.5 Å². The van der Waals surface area contributed by atoms with E-state index in [0.29, 0.717) is 15.8 Å². The number of aliphatic hydroxyl groups excluding tert-OH is 1. The zero-order valence-corrected chi connectivity index (χ0v) is 10.9. The van der Waals surface area contributed by atoms with Gasteiger partial charge in [0.05, 0.1) is 18.4 Å². The molecule has 2 aromatic heterocycles. The molecule has 0 bridgehead atoms. The van der Waals surface area contributed by atoms with Gasteiger partial charge in [0.2, 0.25) is 0 Å². The Balaban J connectivity index is 2.11. The third-order valence-electron chi connectivity index (χ3n) is 2.34. The zero-order valence-electron chi connectivity index (χ0n) is 9.34. The minimum atomic E-state index is -0.563. The van der Waals surface area contributed by atoms with Gasteiger partial charge in [0.25, 0.3) is 5.91 Å². The Hall–Kier alpha value is -1.66. The molecule has 94 valence electrons. The number of carbonyl (C=O) groups excluding carboxylic acids is 1. The molecule has 0 fully saturated rings. The standard InChI is InChI=1S/C12H11BrN2O3/c13-9-4-8(5-14-6-9)12(17)15-10(7-16)11-2-1-3-18-11/h1-6,10,16H,7H2,(H,15,17). The van der Waals surface area contributed by atoms with E-state index in [0.717, 1.165) is 0 Å². The van der Waals surface area contributed by atoms with Crippen molar-refractivity contribution >= 4 is 21.8 Å². The third-order valence-corrected chi connectivity index (χ3v) is 2.78. The predicted octanol–water partition coefficient (Wildman–Crippen LogP) is 1.90. The summed E-state index contributed by atoms with van der Waals surface area (Å²) in [6.45, 7) is -0.235. The van der Waals surface area contributed by atoms with Crippen molar-refractivity contribution in [3.05, 3.63) is 52.7 Å². The normalized spacial score (nSPS) is 12.1. The average Bonchev–Trinajstić information content (AvgIpc) is 2.89. The van der Waals surface area contributed by atoms with Crippen LogP contribution in [0, 0.1) is 0 Å². The van der Waals surface area contributed by atoms with E-state index in [1.54, 1.807) is 24.4 Å². The van der Waals surface area contributed by atoms with E-state index in [2.05, 4.69) is 26.2 Å². The van der Waals surface area contributed by atoms with E-state index in [9.17, 15) is 9.90 Å². The molecule has 18 heavy (non-hydrogen) atoms. The van der Waals surface area contributed by atoms with E-state index in [1.165, 1.54) is 12.5 Å². The molecular weight excluding hydrogens is 300 g/mol. The van der Waals surface area contributed by atoms with Crippen molar-refractivity contribution in [2.24, 2.45) is 0 Å². The van der Waals surface area contributed by atoms with Crippen molar-refractivity contribution in [3.63, 3.8) is 0 Å². The number of nitrogens with zero attached hydrogens (tertiary/aromatic N) is 1. The van der Waals surface area contributed by atoms with Crippen molar-refractivity contribution in [1.29, 1.82) is 0 Å². The summed E-state index contributed by atoms with van der Waals surface area (Å²) in [5.74, 6) is 0.188. The molecule has 0 spiro atoms. The summed E-state index contributed by atoms with van der Waals surface area (Å²) < 4.78 is 5.86. The second-order valence-electron chi connectivity index (χ2n) is 3.62. The number of hydrogen-bond donors (Lipinski definition) is 2. The molecule has 2 N–H and O–H groups in total. The fourth-order valence-electron chi connectivity index (χ4n) is 1.47. The highest BCUT2D eigenvalue weighted by Crippen LogP contribution is 2.15. The molecule has 0 aliphatic rings. The first-order valence-corrected chi connectivity index (χ1v) is 6.05. The number of halogens is 1. The van der Waals surface area contributed by atoms with E-state index < -0.39 is 6.04 Å². The maximum atomic E-state index is 11.9. The first-order valence-electron chi connectivity index (χ1n) is 5.26. The van der Waals surface area contributed by atoms with Crippen LogP contribution in [-0.2, 0) is 0 Å². The van der Waals surface area contributed by atoms with Crippen LogP contribution in [0.2, 0.25) is 0 Å². The summed E-state index contributed by atoms with van der Waals surface area (Å²) in [5, 5.41) is 11.9. The summed E-state index contributed by atoms with van der Waals surface area (Å²) in [5.41, 5.74) is 0.411. The Kier molecular flexibility index (Phi) is 4.11. The summed E-state index contributed by atoms with van der Waals surface area (Å²) in [6, 6.07) is 4.48. The molecule has 0 saturated carbocycles. The van der Waals surface area contributed by atoms with Crippen LogP contribution in [0.3, 0.4) is 0 Å². The summed E-state index contributed by atoms with van der Waals surface area (Å²) in [4.78, 5) is 15.8. The fraction of sp³-hybridized carbons (Fsp3) is 0.167. The number of carbonyl (C=O) groups is 1. The Bertz CT molecular complexity index is 528. The van der Waals surface area contributed by atoms with Gasteiger partial charge in [-0.25, -0.2) is 0 Å². The Morgan fingerprint density at radius 1 is 1.56 bits per heavy atom. The fourth-order valence-corrected chi connectivity index (χ4v) is 1.84. The van der Waals surface area contributed by atoms with Gasteiger partial charge in [0.1, 0.15) is 11.8 Å². The number of amides is 1. The van der Waals surface area contributed by atoms with Crippen molar-refractivity contribution in [2.45, 2.75) is 6.04 Å². The second kappa shape index (κ2) is 5.79. The number of furan rings is 1. The van der Waals surface area contributed by atoms with E-state index in [1.807, 2.05) is 0 Å². The summed E-state index contributed by atoms with van der Waals surface area (Å²) in [7, 11) is 0. The van der Waals surface area contributed by atoms with Crippen LogP contribution in [-0.4, -0.2) is 22.6 Å². The molecule has 1 amide bonds. The predicted molar refractivity (Wildman–Crippen MR) is 67.9 cm³/mol. The largest absolute Gasteiger partial charge is 0.467 e. The number of nitrogens with one attached hydrogen (secondary N) is 1. The van der Waals surface area contributed by atoms with Crippen LogP contribution < -0.4 is 5.32 Å². The van der Waals surface area contributed by atoms with Crippen LogP contribution in [0.25, 0.3) is 0 Å². The average molecular weight is 311 g/mol. The molecule has 2 aromatic rings. The number of aromatic nitrogens is 1. The number of hydrogen-bond acceptors (Lipinski definition) is 4. The molecule has 0 aliphatic heterocycles. The Labute approximate surface area is 112 Å². The third kappa shape index (κ3) is 2.96. The maximum Gasteiger partial charge on any atom is 0.253 e. The monoisotopic (exact) mass is 310 g/mol. The van der Waals surface area contributed by atoms with Gasteiger partial charge in [-0.05, 0) is 34.1 Å². The number of pyridine rings is 1. The topological polar surface area (TPSA) is 75.4 Å². The Morgan fingerprint density at radius 3 is 3.00 bits per heavy atom. The van der Waals surface area contributed by atoms with Crippen molar-refractivity contribution in [1.82, 2.24) is 10.3 Å². The highest BCUT2D eigenvalue weighted by molar-refractivity contribution is 9.10. The smallest absolute Gasteiger partial charge is 0.253 e. The van der Waals surface area contributed by atoms with Gasteiger partial charge in [0.15, 0.2) is 0 Å². The van der Waals surface area contributed by atoms with Crippen LogP contribution in [0.15, 0.2) is 45.7 Å². The van der Waals surface area contributed by atoms with Crippen molar-refractivity contribution in [2.75, 3.05) is 6.61 Å². The molecule has 0 aliphatic carbocycles. The lowest BCUT2D eigenvalue weighted by molar-refractivity contribution is 0.0907. The number of aliphatic hydroxyl groups is 1. The molecule has 2 heterocycles. The van der Waals surface area contributed by atoms with E-state index in [4.69, 9.17) is 4.42 Å². The minimum Gasteiger partial charge on any atom is -0.467 e. The van der Waals surface area contributed by atoms with Gasteiger partial charge in [-0.1, -0.05) is 0 Å². The van der Waals surface area contributed by atoms with Crippen LogP contribution in [0.5, 0.6) is 0 Å². The first-order chi connectivity index (χ1) is 8.70. The lowest BCUT2D eigenvalue weighted by Gasteiger charge is -2.13. The molecule has 1 atom stereocenters. The Morgan fingerprint density at radius 2 is 2.39 bits per heavy atom. The highest BCUT2D eigenvalue weighted by atomic mass is 79.9. The lowest BCUT2D eigenvalue weighted by Crippen LogP contribution is -2.30. The number of rotatable bonds is 4. The maximum absolute atomic E-state index is 11.9. The zero-order chi connectivity index (χ0) is 13.0. The van der Waals surface area contributed by atoms with Gasteiger partial charge >= 0.3 is 0 Å². The molecule has 5 nitrogen and oxygen atoms in total.